The summed E-state index contributed by atoms with van der Waals surface area (Å²) in [5, 5.41) is 11.0. The predicted octanol–water partition coefficient (Wildman–Crippen LogP) is 5.08. The van der Waals surface area contributed by atoms with Gasteiger partial charge in [-0.3, -0.25) is 5.41 Å². The summed E-state index contributed by atoms with van der Waals surface area (Å²) in [6, 6.07) is 5.22. The van der Waals surface area contributed by atoms with E-state index >= 15 is 4.39 Å². The van der Waals surface area contributed by atoms with Gasteiger partial charge < -0.3 is 9.47 Å². The van der Waals surface area contributed by atoms with Crippen molar-refractivity contribution in [2.45, 2.75) is 52.5 Å². The summed E-state index contributed by atoms with van der Waals surface area (Å²) in [5.41, 5.74) is 1.00. The van der Waals surface area contributed by atoms with E-state index in [4.69, 9.17) is 17.0 Å². The molecule has 1 saturated heterocycles. The molecular formula is C25H31ClFN3. The Bertz CT molecular complexity index is 1010. The summed E-state index contributed by atoms with van der Waals surface area (Å²) in [7, 11) is 0. The number of benzene rings is 1. The van der Waals surface area contributed by atoms with Crippen LogP contribution in [0.2, 0.25) is 5.02 Å². The van der Waals surface area contributed by atoms with Crippen molar-refractivity contribution >= 4 is 29.6 Å². The van der Waals surface area contributed by atoms with Crippen molar-refractivity contribution < 1.29 is 4.39 Å². The lowest BCUT2D eigenvalue weighted by Crippen LogP contribution is -2.35. The molecule has 1 aromatic heterocycles. The normalized spacial score (nSPS) is 16.1. The minimum absolute atomic E-state index is 0.350. The molecule has 5 heteroatoms. The Labute approximate surface area is 183 Å². The molecule has 30 heavy (non-hydrogen) atoms. The molecule has 1 fully saturated rings. The zero-order chi connectivity index (χ0) is 21.5. The van der Waals surface area contributed by atoms with Crippen LogP contribution in [0.3, 0.4) is 0 Å². The Kier molecular flexibility index (Phi) is 7.92. The van der Waals surface area contributed by atoms with Crippen LogP contribution in [-0.2, 0) is 6.54 Å². The largest absolute Gasteiger partial charge is 0.357 e. The molecule has 2 heterocycles. The first-order chi connectivity index (χ1) is 14.5. The molecule has 1 aromatic carbocycles. The number of aromatic nitrogens is 1. The maximum atomic E-state index is 15.1. The second-order valence-electron chi connectivity index (χ2n) is 7.77. The molecule has 0 bridgehead atoms. The van der Waals surface area contributed by atoms with Crippen molar-refractivity contribution in [3.05, 3.63) is 69.1 Å². The molecule has 1 aliphatic heterocycles. The number of hydrogen-bond acceptors (Lipinski definition) is 1. The molecule has 0 spiro atoms. The van der Waals surface area contributed by atoms with Crippen molar-refractivity contribution in [2.24, 2.45) is 0 Å². The van der Waals surface area contributed by atoms with Gasteiger partial charge in [-0.05, 0) is 62.1 Å². The summed E-state index contributed by atoms with van der Waals surface area (Å²) in [5.74, 6) is 0.00318. The van der Waals surface area contributed by atoms with E-state index in [1.54, 1.807) is 6.07 Å². The van der Waals surface area contributed by atoms with Crippen molar-refractivity contribution in [3.63, 3.8) is 0 Å². The molecule has 1 aliphatic rings. The van der Waals surface area contributed by atoms with E-state index in [1.165, 1.54) is 12.5 Å². The van der Waals surface area contributed by atoms with Gasteiger partial charge in [-0.15, -0.1) is 0 Å². The number of unbranched alkanes of at least 4 members (excludes halogenated alkanes) is 1. The predicted molar refractivity (Wildman–Crippen MR) is 125 cm³/mol. The second-order valence-corrected chi connectivity index (χ2v) is 8.18. The Morgan fingerprint density at radius 3 is 2.67 bits per heavy atom. The minimum atomic E-state index is -0.359. The Balaban J connectivity index is 1.89. The summed E-state index contributed by atoms with van der Waals surface area (Å²) in [6.45, 7) is 6.21. The van der Waals surface area contributed by atoms with Crippen LogP contribution in [0.25, 0.3) is 12.2 Å². The number of nitrogens with zero attached hydrogens (tertiary/aromatic N) is 2. The molecule has 1 N–H and O–H groups in total. The van der Waals surface area contributed by atoms with Crippen molar-refractivity contribution in [1.82, 2.24) is 9.47 Å². The van der Waals surface area contributed by atoms with E-state index in [-0.39, 0.29) is 5.82 Å². The van der Waals surface area contributed by atoms with Gasteiger partial charge in [0.05, 0.1) is 6.54 Å². The summed E-state index contributed by atoms with van der Waals surface area (Å²) >= 11 is 6.51. The summed E-state index contributed by atoms with van der Waals surface area (Å²) in [6.07, 6.45) is 15.8. The topological polar surface area (TPSA) is 32.0 Å². The van der Waals surface area contributed by atoms with Crippen molar-refractivity contribution in [3.8, 4) is 0 Å². The maximum Gasteiger partial charge on any atom is 0.130 e. The fraction of sp³-hybridized carbons (Fsp3) is 0.400. The Morgan fingerprint density at radius 2 is 2.00 bits per heavy atom. The molecule has 0 amide bonds. The van der Waals surface area contributed by atoms with Gasteiger partial charge >= 0.3 is 0 Å². The highest BCUT2D eigenvalue weighted by molar-refractivity contribution is 6.31. The number of piperidine rings is 1. The van der Waals surface area contributed by atoms with Gasteiger partial charge in [0.1, 0.15) is 11.7 Å². The Morgan fingerprint density at radius 1 is 1.23 bits per heavy atom. The zero-order valence-electron chi connectivity index (χ0n) is 17.9. The number of allylic oxidation sites excluding steroid dienone is 2. The molecule has 3 nitrogen and oxygen atoms in total. The third kappa shape index (κ3) is 5.23. The van der Waals surface area contributed by atoms with Crippen LogP contribution < -0.4 is 10.6 Å². The van der Waals surface area contributed by atoms with Crippen LogP contribution in [-0.4, -0.2) is 28.4 Å². The van der Waals surface area contributed by atoms with E-state index in [0.29, 0.717) is 28.5 Å². The first-order valence-corrected chi connectivity index (χ1v) is 11.2. The van der Waals surface area contributed by atoms with Crippen LogP contribution in [0.15, 0.2) is 36.5 Å². The van der Waals surface area contributed by atoms with Gasteiger partial charge in [0.2, 0.25) is 0 Å². The first-order valence-electron chi connectivity index (χ1n) is 10.8. The third-order valence-electron chi connectivity index (χ3n) is 5.61. The van der Waals surface area contributed by atoms with Gasteiger partial charge in [0, 0.05) is 40.8 Å². The molecule has 0 atom stereocenters. The smallest absolute Gasteiger partial charge is 0.130 e. The van der Waals surface area contributed by atoms with E-state index in [0.717, 1.165) is 49.3 Å². The summed E-state index contributed by atoms with van der Waals surface area (Å²) in [4.78, 5) is 2.01. The zero-order valence-corrected chi connectivity index (χ0v) is 18.7. The highest BCUT2D eigenvalue weighted by atomic mass is 35.5. The van der Waals surface area contributed by atoms with Gasteiger partial charge in [-0.25, -0.2) is 4.39 Å². The monoisotopic (exact) mass is 427 g/mol. The SMILES string of the molecule is C/C=c1/ccn(Cc2c(F)cc(C(=N)N3CCCCC3)cc2Cl)/c1=C/C=C\CCC. The molecule has 0 unspecified atom stereocenters. The highest BCUT2D eigenvalue weighted by Crippen LogP contribution is 2.24. The van der Waals surface area contributed by atoms with Crippen LogP contribution in [0.4, 0.5) is 4.39 Å². The standard InChI is InChI=1S/C25H31ClFN3/c1-3-5-6-8-11-24-19(4-2)12-15-30(24)18-21-22(26)16-20(17-23(21)27)25(28)29-13-9-7-10-14-29/h4,6,8,11-12,15-17,28H,3,5,7,9-10,13-14,18H2,1-2H3/b8-6-,19-4-,24-11+,28-25?. The molecule has 160 valence electrons. The molecule has 2 aromatic rings. The second kappa shape index (κ2) is 10.6. The van der Waals surface area contributed by atoms with E-state index in [2.05, 4.69) is 31.2 Å². The number of likely N-dealkylation sites (tertiary alicyclic amines) is 1. The van der Waals surface area contributed by atoms with Crippen molar-refractivity contribution in [1.29, 1.82) is 5.41 Å². The number of amidine groups is 1. The van der Waals surface area contributed by atoms with Gasteiger partial charge in [0.25, 0.3) is 0 Å². The summed E-state index contributed by atoms with van der Waals surface area (Å²) < 4.78 is 17.1. The highest BCUT2D eigenvalue weighted by Gasteiger charge is 2.18. The number of hydrogen-bond donors (Lipinski definition) is 1. The molecule has 0 saturated carbocycles. The fourth-order valence-electron chi connectivity index (χ4n) is 3.86. The quantitative estimate of drug-likeness (QED) is 0.506. The van der Waals surface area contributed by atoms with Crippen LogP contribution in [0.1, 0.15) is 57.1 Å². The molecule has 3 rings (SSSR count). The first kappa shape index (κ1) is 22.4. The lowest BCUT2D eigenvalue weighted by molar-refractivity contribution is 0.341. The maximum absolute atomic E-state index is 15.1. The fourth-order valence-corrected chi connectivity index (χ4v) is 4.13. The van der Waals surface area contributed by atoms with Crippen LogP contribution in [0, 0.1) is 11.2 Å². The molecule has 0 radical (unpaired) electrons. The van der Waals surface area contributed by atoms with E-state index < -0.39 is 0 Å². The van der Waals surface area contributed by atoms with Gasteiger partial charge in [-0.1, -0.05) is 43.2 Å². The number of halogens is 2. The lowest BCUT2D eigenvalue weighted by atomic mass is 10.1. The third-order valence-corrected chi connectivity index (χ3v) is 5.95. The van der Waals surface area contributed by atoms with E-state index in [9.17, 15) is 0 Å². The average Bonchev–Trinajstić information content (AvgIpc) is 3.15. The number of nitrogens with one attached hydrogen (secondary N) is 1. The van der Waals surface area contributed by atoms with Crippen LogP contribution >= 0.6 is 11.6 Å². The van der Waals surface area contributed by atoms with Crippen LogP contribution in [0.5, 0.6) is 0 Å². The van der Waals surface area contributed by atoms with Gasteiger partial charge in [-0.2, -0.15) is 0 Å². The minimum Gasteiger partial charge on any atom is -0.357 e. The molecule has 0 aliphatic carbocycles. The number of rotatable bonds is 6. The average molecular weight is 428 g/mol. The van der Waals surface area contributed by atoms with Gasteiger partial charge in [0.15, 0.2) is 0 Å². The molecular weight excluding hydrogens is 397 g/mol. The lowest BCUT2D eigenvalue weighted by Gasteiger charge is -2.29. The van der Waals surface area contributed by atoms with E-state index in [1.807, 2.05) is 28.7 Å². The van der Waals surface area contributed by atoms with Crippen molar-refractivity contribution in [2.75, 3.05) is 13.1 Å². The Hall–Kier alpha value is -2.33.